The summed E-state index contributed by atoms with van der Waals surface area (Å²) in [6, 6.07) is 6.92. The fourth-order valence-electron chi connectivity index (χ4n) is 5.69. The summed E-state index contributed by atoms with van der Waals surface area (Å²) in [5.74, 6) is 1.19. The molecule has 5 rings (SSSR count). The van der Waals surface area contributed by atoms with E-state index in [0.29, 0.717) is 5.95 Å². The average molecular weight is 519 g/mol. The van der Waals surface area contributed by atoms with Crippen molar-refractivity contribution in [3.8, 4) is 11.1 Å². The van der Waals surface area contributed by atoms with Crippen LogP contribution in [0.4, 0.5) is 24.9 Å². The molecule has 0 spiro atoms. The van der Waals surface area contributed by atoms with E-state index in [1.165, 1.54) is 11.1 Å². The summed E-state index contributed by atoms with van der Waals surface area (Å²) in [5, 5.41) is 13.0. The predicted molar refractivity (Wildman–Crippen MR) is 138 cm³/mol. The molecule has 1 aromatic heterocycles. The number of likely N-dealkylation sites (N-methyl/N-ethyl adjacent to an activating group) is 1. The molecule has 2 aliphatic heterocycles. The molecule has 1 aromatic carbocycles. The first-order valence-corrected chi connectivity index (χ1v) is 13.4. The summed E-state index contributed by atoms with van der Waals surface area (Å²) in [6.45, 7) is 6.14. The Morgan fingerprint density at radius 3 is 2.54 bits per heavy atom. The summed E-state index contributed by atoms with van der Waals surface area (Å²) in [7, 11) is 2.16. The lowest BCUT2D eigenvalue weighted by Gasteiger charge is -2.40. The van der Waals surface area contributed by atoms with Crippen LogP contribution < -0.4 is 10.2 Å². The van der Waals surface area contributed by atoms with Crippen molar-refractivity contribution in [2.24, 2.45) is 0 Å². The molecule has 10 heteroatoms. The summed E-state index contributed by atoms with van der Waals surface area (Å²) < 4.78 is 37.6. The molecule has 0 atom stereocenters. The van der Waals surface area contributed by atoms with Crippen molar-refractivity contribution in [2.75, 3.05) is 50.0 Å². The Kier molecular flexibility index (Phi) is 7.88. The second-order valence-corrected chi connectivity index (χ2v) is 10.7. The molecule has 0 bridgehead atoms. The number of aromatic nitrogens is 2. The van der Waals surface area contributed by atoms with Gasteiger partial charge < -0.3 is 20.2 Å². The molecule has 3 aliphatic rings. The van der Waals surface area contributed by atoms with Crippen LogP contribution in [0.2, 0.25) is 0 Å². The van der Waals surface area contributed by atoms with Gasteiger partial charge in [0, 0.05) is 70.0 Å². The highest BCUT2D eigenvalue weighted by Crippen LogP contribution is 2.41. The molecule has 0 radical (unpaired) electrons. The normalized spacial score (nSPS) is 23.0. The standard InChI is InChI=1S/C27H37F3N6O/c1-34-11-13-35(14-12-34)17-19-3-8-23-20(15-19)18-36(21-4-6-22(37)7-5-21)25-24(23)16-32-26(33-25)31-10-2-9-27(28,29)30/h3,8,15-16,21-22,37H,2,4-7,9-14,17-18H2,1H3,(H,31,32,33)/t21-,22-. The van der Waals surface area contributed by atoms with Gasteiger partial charge in [-0.25, -0.2) is 4.98 Å². The maximum atomic E-state index is 12.5. The van der Waals surface area contributed by atoms with Crippen LogP contribution in [0.3, 0.4) is 0 Å². The summed E-state index contributed by atoms with van der Waals surface area (Å²) in [6.07, 6.45) is -0.159. The first-order valence-electron chi connectivity index (χ1n) is 13.4. The number of aliphatic hydroxyl groups excluding tert-OH is 1. The van der Waals surface area contributed by atoms with Gasteiger partial charge in [-0.05, 0) is 55.8 Å². The molecule has 2 aromatic rings. The largest absolute Gasteiger partial charge is 0.393 e. The monoisotopic (exact) mass is 518 g/mol. The number of alkyl halides is 3. The minimum atomic E-state index is -4.16. The lowest BCUT2D eigenvalue weighted by atomic mass is 9.88. The number of rotatable bonds is 7. The van der Waals surface area contributed by atoms with Crippen LogP contribution in [0.5, 0.6) is 0 Å². The molecule has 37 heavy (non-hydrogen) atoms. The van der Waals surface area contributed by atoms with E-state index >= 15 is 0 Å². The van der Waals surface area contributed by atoms with Crippen LogP contribution in [-0.4, -0.2) is 83.0 Å². The quantitative estimate of drug-likeness (QED) is 0.531. The van der Waals surface area contributed by atoms with Gasteiger partial charge in [0.2, 0.25) is 5.95 Å². The number of aliphatic hydroxyl groups is 1. The topological polar surface area (TPSA) is 67.8 Å². The van der Waals surface area contributed by atoms with Crippen LogP contribution in [-0.2, 0) is 13.1 Å². The van der Waals surface area contributed by atoms with Gasteiger partial charge >= 0.3 is 6.18 Å². The fourth-order valence-corrected chi connectivity index (χ4v) is 5.69. The number of fused-ring (bicyclic) bond motifs is 3. The highest BCUT2D eigenvalue weighted by molar-refractivity contribution is 5.81. The van der Waals surface area contributed by atoms with Crippen LogP contribution in [0.1, 0.15) is 49.7 Å². The minimum absolute atomic E-state index is 0.0207. The van der Waals surface area contributed by atoms with Gasteiger partial charge in [-0.15, -0.1) is 0 Å². The van der Waals surface area contributed by atoms with Gasteiger partial charge in [0.05, 0.1) is 6.10 Å². The molecule has 7 nitrogen and oxygen atoms in total. The third-order valence-corrected chi connectivity index (χ3v) is 7.87. The zero-order chi connectivity index (χ0) is 26.0. The maximum Gasteiger partial charge on any atom is 0.389 e. The zero-order valence-corrected chi connectivity index (χ0v) is 21.5. The Hall–Kier alpha value is -2.43. The third-order valence-electron chi connectivity index (χ3n) is 7.87. The molecule has 1 saturated carbocycles. The average Bonchev–Trinajstić information content (AvgIpc) is 2.87. The van der Waals surface area contributed by atoms with E-state index in [1.54, 1.807) is 6.20 Å². The van der Waals surface area contributed by atoms with Crippen LogP contribution >= 0.6 is 0 Å². The number of anilines is 2. The molecule has 0 unspecified atom stereocenters. The third kappa shape index (κ3) is 6.53. The number of halogens is 3. The molecule has 1 aliphatic carbocycles. The number of hydrogen-bond donors (Lipinski definition) is 2. The molecule has 2 fully saturated rings. The Balaban J connectivity index is 1.37. The Morgan fingerprint density at radius 1 is 1.05 bits per heavy atom. The number of nitrogens with zero attached hydrogens (tertiary/aromatic N) is 5. The molecule has 1 saturated heterocycles. The highest BCUT2D eigenvalue weighted by Gasteiger charge is 2.32. The number of nitrogens with one attached hydrogen (secondary N) is 1. The minimum Gasteiger partial charge on any atom is -0.393 e. The van der Waals surface area contributed by atoms with E-state index in [4.69, 9.17) is 4.98 Å². The van der Waals surface area contributed by atoms with E-state index in [1.807, 2.05) is 0 Å². The van der Waals surface area contributed by atoms with Crippen molar-refractivity contribution in [1.82, 2.24) is 19.8 Å². The first kappa shape index (κ1) is 26.2. The number of hydrogen-bond acceptors (Lipinski definition) is 7. The zero-order valence-electron chi connectivity index (χ0n) is 21.5. The molecule has 2 N–H and O–H groups in total. The second-order valence-electron chi connectivity index (χ2n) is 10.7. The Bertz CT molecular complexity index is 1060. The Labute approximate surface area is 216 Å². The fraction of sp³-hybridized carbons (Fsp3) is 0.630. The highest BCUT2D eigenvalue weighted by atomic mass is 19.4. The van der Waals surface area contributed by atoms with Crippen LogP contribution in [0.25, 0.3) is 11.1 Å². The van der Waals surface area contributed by atoms with Crippen molar-refractivity contribution < 1.29 is 18.3 Å². The molecule has 3 heterocycles. The van der Waals surface area contributed by atoms with Crippen molar-refractivity contribution in [3.05, 3.63) is 35.5 Å². The molecular weight excluding hydrogens is 481 g/mol. The van der Waals surface area contributed by atoms with E-state index in [0.717, 1.165) is 81.9 Å². The van der Waals surface area contributed by atoms with Crippen molar-refractivity contribution >= 4 is 11.8 Å². The summed E-state index contributed by atoms with van der Waals surface area (Å²) in [5.41, 5.74) is 4.63. The number of piperazine rings is 1. The first-order chi connectivity index (χ1) is 17.7. The second kappa shape index (κ2) is 11.1. The van der Waals surface area contributed by atoms with Gasteiger partial charge in [-0.1, -0.05) is 18.2 Å². The van der Waals surface area contributed by atoms with E-state index in [-0.39, 0.29) is 25.1 Å². The van der Waals surface area contributed by atoms with Gasteiger partial charge in [0.15, 0.2) is 0 Å². The lowest BCUT2D eigenvalue weighted by molar-refractivity contribution is -0.134. The SMILES string of the molecule is CN1CCN(Cc2ccc3c(c2)CN([C@H]2CC[C@H](O)CC2)c2nc(NCCCC(F)(F)F)ncc2-3)CC1. The molecule has 0 amide bonds. The van der Waals surface area contributed by atoms with E-state index in [9.17, 15) is 18.3 Å². The van der Waals surface area contributed by atoms with E-state index in [2.05, 4.69) is 50.2 Å². The van der Waals surface area contributed by atoms with Gasteiger partial charge in [-0.2, -0.15) is 18.2 Å². The molecule has 202 valence electrons. The Morgan fingerprint density at radius 2 is 1.81 bits per heavy atom. The van der Waals surface area contributed by atoms with Crippen molar-refractivity contribution in [2.45, 2.75) is 69.9 Å². The van der Waals surface area contributed by atoms with Crippen LogP contribution in [0, 0.1) is 0 Å². The van der Waals surface area contributed by atoms with Crippen molar-refractivity contribution in [3.63, 3.8) is 0 Å². The number of benzene rings is 1. The molecular formula is C27H37F3N6O. The maximum absolute atomic E-state index is 12.5. The van der Waals surface area contributed by atoms with E-state index < -0.39 is 12.6 Å². The predicted octanol–water partition coefficient (Wildman–Crippen LogP) is 4.27. The summed E-state index contributed by atoms with van der Waals surface area (Å²) >= 11 is 0. The summed E-state index contributed by atoms with van der Waals surface area (Å²) in [4.78, 5) is 16.4. The van der Waals surface area contributed by atoms with Gasteiger partial charge in [0.1, 0.15) is 5.82 Å². The smallest absolute Gasteiger partial charge is 0.389 e. The van der Waals surface area contributed by atoms with Crippen LogP contribution in [0.15, 0.2) is 24.4 Å². The van der Waals surface area contributed by atoms with Crippen molar-refractivity contribution in [1.29, 1.82) is 0 Å². The lowest BCUT2D eigenvalue weighted by Crippen LogP contribution is -2.44. The van der Waals surface area contributed by atoms with Gasteiger partial charge in [0.25, 0.3) is 0 Å². The van der Waals surface area contributed by atoms with Gasteiger partial charge in [-0.3, -0.25) is 4.90 Å².